The van der Waals surface area contributed by atoms with Crippen LogP contribution in [0.25, 0.3) is 4.91 Å². The summed E-state index contributed by atoms with van der Waals surface area (Å²) in [5.74, 6) is 5.34. The maximum atomic E-state index is 13.5. The largest absolute Gasteiger partial charge is 0.368 e. The molecule has 4 rings (SSSR count). The monoisotopic (exact) mass is 493 g/mol. The number of amides is 1. The quantitative estimate of drug-likeness (QED) is 0.615. The number of halogens is 1. The van der Waals surface area contributed by atoms with Gasteiger partial charge < -0.3 is 9.80 Å². The molecule has 184 valence electrons. The first-order valence-corrected chi connectivity index (χ1v) is 12.8. The highest BCUT2D eigenvalue weighted by atomic mass is 32.2. The molecule has 8 heteroatoms. The lowest BCUT2D eigenvalue weighted by atomic mass is 9.84. The standard InChI is InChI=1S/C25H26FN5OS.C2H6/c1-5-6-17-11-18(13-28-12-17)22(33-4)15-31-24(27)29(3)23(32)21-14-30(16-25(21,31)2)20-9-7-19(26)8-10-20;1-2/h7-13,15,21,27H,14,16H2,1-4H3;1-2H3/b22-15-,27-24?;/t21?,25-;/m0./s1. The molecule has 0 spiro atoms. The van der Waals surface area contributed by atoms with E-state index in [9.17, 15) is 9.18 Å². The molecule has 2 fully saturated rings. The second-order valence-corrected chi connectivity index (χ2v) is 9.24. The van der Waals surface area contributed by atoms with Crippen molar-refractivity contribution in [2.24, 2.45) is 5.92 Å². The first kappa shape index (κ1) is 26.3. The molecule has 1 aromatic carbocycles. The van der Waals surface area contributed by atoms with Gasteiger partial charge in [-0.25, -0.2) is 4.39 Å². The Hall–Kier alpha value is -3.31. The zero-order chi connectivity index (χ0) is 25.8. The van der Waals surface area contributed by atoms with E-state index in [2.05, 4.69) is 21.7 Å². The van der Waals surface area contributed by atoms with Crippen molar-refractivity contribution in [3.63, 3.8) is 0 Å². The molecule has 0 saturated carbocycles. The molecule has 3 heterocycles. The molecule has 1 amide bonds. The highest BCUT2D eigenvalue weighted by Gasteiger charge is 2.56. The predicted molar refractivity (Wildman–Crippen MR) is 142 cm³/mol. The van der Waals surface area contributed by atoms with Gasteiger partial charge in [-0.1, -0.05) is 19.8 Å². The van der Waals surface area contributed by atoms with E-state index < -0.39 is 5.54 Å². The number of aromatic nitrogens is 1. The van der Waals surface area contributed by atoms with E-state index in [0.717, 1.165) is 21.7 Å². The Kier molecular flexibility index (Phi) is 8.23. The van der Waals surface area contributed by atoms with Crippen molar-refractivity contribution in [3.8, 4) is 11.8 Å². The summed E-state index contributed by atoms with van der Waals surface area (Å²) in [6.07, 6.45) is 7.43. The number of nitrogens with zero attached hydrogens (tertiary/aromatic N) is 4. The van der Waals surface area contributed by atoms with E-state index in [-0.39, 0.29) is 23.6 Å². The van der Waals surface area contributed by atoms with Crippen LogP contribution in [0.15, 0.2) is 48.9 Å². The van der Waals surface area contributed by atoms with Crippen LogP contribution in [0.5, 0.6) is 0 Å². The Bertz CT molecular complexity index is 1190. The maximum absolute atomic E-state index is 13.5. The van der Waals surface area contributed by atoms with Gasteiger partial charge in [0.15, 0.2) is 0 Å². The molecule has 2 saturated heterocycles. The number of anilines is 1. The molecule has 2 aromatic rings. The van der Waals surface area contributed by atoms with Gasteiger partial charge in [0, 0.05) is 60.5 Å². The number of carbonyl (C=O) groups is 1. The summed E-state index contributed by atoms with van der Waals surface area (Å²) in [4.78, 5) is 23.8. The van der Waals surface area contributed by atoms with E-state index >= 15 is 0 Å². The van der Waals surface area contributed by atoms with Gasteiger partial charge in [-0.15, -0.1) is 17.7 Å². The fourth-order valence-corrected chi connectivity index (χ4v) is 5.07. The summed E-state index contributed by atoms with van der Waals surface area (Å²) in [5, 5.41) is 8.77. The van der Waals surface area contributed by atoms with Crippen molar-refractivity contribution in [3.05, 3.63) is 65.9 Å². The van der Waals surface area contributed by atoms with Crippen LogP contribution in [-0.2, 0) is 4.79 Å². The lowest BCUT2D eigenvalue weighted by Gasteiger charge is -2.48. The Balaban J connectivity index is 0.00000167. The molecule has 6 nitrogen and oxygen atoms in total. The summed E-state index contributed by atoms with van der Waals surface area (Å²) in [6.45, 7) is 8.84. The van der Waals surface area contributed by atoms with E-state index in [1.165, 1.54) is 17.0 Å². The lowest BCUT2D eigenvalue weighted by Crippen LogP contribution is -2.65. The fraction of sp³-hybridized carbons (Fsp3) is 0.370. The second-order valence-electron chi connectivity index (χ2n) is 8.39. The van der Waals surface area contributed by atoms with Crippen molar-refractivity contribution in [1.29, 1.82) is 5.41 Å². The number of hydrogen-bond donors (Lipinski definition) is 1. The third kappa shape index (κ3) is 5.06. The first-order valence-electron chi connectivity index (χ1n) is 11.6. The number of rotatable bonds is 4. The topological polar surface area (TPSA) is 63.5 Å². The van der Waals surface area contributed by atoms with Crippen molar-refractivity contribution in [1.82, 2.24) is 14.8 Å². The van der Waals surface area contributed by atoms with Crippen molar-refractivity contribution in [2.75, 3.05) is 31.3 Å². The molecule has 2 aliphatic heterocycles. The van der Waals surface area contributed by atoms with Crippen LogP contribution in [0.3, 0.4) is 0 Å². The van der Waals surface area contributed by atoms with Crippen LogP contribution in [-0.4, -0.2) is 58.6 Å². The van der Waals surface area contributed by atoms with Gasteiger partial charge in [0.25, 0.3) is 0 Å². The summed E-state index contributed by atoms with van der Waals surface area (Å²) in [7, 11) is 1.64. The van der Waals surface area contributed by atoms with Crippen LogP contribution in [0.1, 0.15) is 38.8 Å². The van der Waals surface area contributed by atoms with Crippen LogP contribution >= 0.6 is 11.8 Å². The minimum absolute atomic E-state index is 0.0793. The molecule has 1 aromatic heterocycles. The first-order chi connectivity index (χ1) is 16.8. The molecule has 0 bridgehead atoms. The molecular weight excluding hydrogens is 461 g/mol. The van der Waals surface area contributed by atoms with Crippen LogP contribution in [0, 0.1) is 29.0 Å². The third-order valence-corrected chi connectivity index (χ3v) is 7.12. The van der Waals surface area contributed by atoms with Crippen LogP contribution in [0.4, 0.5) is 10.1 Å². The van der Waals surface area contributed by atoms with Crippen molar-refractivity contribution in [2.45, 2.75) is 33.2 Å². The van der Waals surface area contributed by atoms with Crippen LogP contribution in [0.2, 0.25) is 0 Å². The van der Waals surface area contributed by atoms with Gasteiger partial charge >= 0.3 is 0 Å². The summed E-state index contributed by atoms with van der Waals surface area (Å²) in [5.41, 5.74) is 1.95. The Morgan fingerprint density at radius 3 is 2.60 bits per heavy atom. The molecule has 2 aliphatic rings. The van der Waals surface area contributed by atoms with Gasteiger partial charge in [-0.05, 0) is 50.4 Å². The van der Waals surface area contributed by atoms with E-state index in [0.29, 0.717) is 13.1 Å². The maximum Gasteiger partial charge on any atom is 0.236 e. The zero-order valence-electron chi connectivity index (χ0n) is 21.1. The average Bonchev–Trinajstić information content (AvgIpc) is 3.23. The van der Waals surface area contributed by atoms with Crippen molar-refractivity contribution >= 4 is 34.2 Å². The van der Waals surface area contributed by atoms with E-state index in [1.54, 1.807) is 50.3 Å². The highest BCUT2D eigenvalue weighted by molar-refractivity contribution is 8.07. The lowest BCUT2D eigenvalue weighted by molar-refractivity contribution is -0.136. The van der Waals surface area contributed by atoms with E-state index in [4.69, 9.17) is 5.41 Å². The number of carbonyl (C=O) groups excluding carboxylic acids is 1. The summed E-state index contributed by atoms with van der Waals surface area (Å²) >= 11 is 1.56. The SMILES string of the molecule is CC.CC#Cc1cncc(/C(=C/N2C(=N)N(C)C(=O)C3CN(c4ccc(F)cc4)C[C@@]32C)SC)c1. The number of guanidine groups is 1. The van der Waals surface area contributed by atoms with Gasteiger partial charge in [-0.2, -0.15) is 0 Å². The number of pyridine rings is 1. The molecular formula is C27H32FN5OS. The second kappa shape index (κ2) is 11.0. The summed E-state index contributed by atoms with van der Waals surface area (Å²) in [6, 6.07) is 8.30. The van der Waals surface area contributed by atoms with Gasteiger partial charge in [0.2, 0.25) is 11.9 Å². The number of benzene rings is 1. The predicted octanol–water partition coefficient (Wildman–Crippen LogP) is 4.88. The minimum atomic E-state index is -0.635. The fourth-order valence-electron chi connectivity index (χ4n) is 4.51. The van der Waals surface area contributed by atoms with E-state index in [1.807, 2.05) is 44.2 Å². The van der Waals surface area contributed by atoms with Gasteiger partial charge in [0.1, 0.15) is 5.82 Å². The van der Waals surface area contributed by atoms with Crippen LogP contribution < -0.4 is 4.90 Å². The smallest absolute Gasteiger partial charge is 0.236 e. The molecule has 2 atom stereocenters. The highest BCUT2D eigenvalue weighted by Crippen LogP contribution is 2.42. The molecule has 1 unspecified atom stereocenters. The van der Waals surface area contributed by atoms with Gasteiger partial charge in [0.05, 0.1) is 11.5 Å². The Labute approximate surface area is 211 Å². The number of hydrogen-bond acceptors (Lipinski definition) is 5. The molecule has 1 N–H and O–H groups in total. The van der Waals surface area contributed by atoms with Crippen molar-refractivity contribution < 1.29 is 9.18 Å². The number of nitrogens with one attached hydrogen (secondary N) is 1. The molecule has 0 radical (unpaired) electrons. The zero-order valence-corrected chi connectivity index (χ0v) is 21.9. The van der Waals surface area contributed by atoms with Gasteiger partial charge in [-0.3, -0.25) is 20.1 Å². The number of fused-ring (bicyclic) bond motifs is 1. The Morgan fingerprint density at radius 1 is 1.29 bits per heavy atom. The minimum Gasteiger partial charge on any atom is -0.368 e. The molecule has 35 heavy (non-hydrogen) atoms. The molecule has 0 aliphatic carbocycles. The summed E-state index contributed by atoms with van der Waals surface area (Å²) < 4.78 is 13.5. The number of thioether (sulfide) groups is 1. The Morgan fingerprint density at radius 2 is 1.97 bits per heavy atom. The average molecular weight is 494 g/mol. The normalized spacial score (nSPS) is 21.7. The third-order valence-electron chi connectivity index (χ3n) is 6.34.